The summed E-state index contributed by atoms with van der Waals surface area (Å²) in [5, 5.41) is 0. The van der Waals surface area contributed by atoms with Gasteiger partial charge in [-0.2, -0.15) is 4.41 Å². The molecule has 216 valence electrons. The van der Waals surface area contributed by atoms with E-state index in [4.69, 9.17) is 9.57 Å². The van der Waals surface area contributed by atoms with Crippen molar-refractivity contribution >= 4 is 33.6 Å². The van der Waals surface area contributed by atoms with E-state index in [0.29, 0.717) is 25.1 Å². The molecule has 2 aliphatic rings. The number of benzene rings is 2. The summed E-state index contributed by atoms with van der Waals surface area (Å²) in [4.78, 5) is 33.0. The van der Waals surface area contributed by atoms with Crippen LogP contribution in [-0.2, 0) is 29.2 Å². The molecule has 2 aromatic rings. The van der Waals surface area contributed by atoms with Crippen LogP contribution in [0.25, 0.3) is 6.08 Å². The third-order valence-electron chi connectivity index (χ3n) is 7.43. The van der Waals surface area contributed by atoms with Gasteiger partial charge in [0.25, 0.3) is 0 Å². The first-order valence-electron chi connectivity index (χ1n) is 14.0. The highest BCUT2D eigenvalue weighted by Gasteiger charge is 2.38. The van der Waals surface area contributed by atoms with Gasteiger partial charge in [0.2, 0.25) is 21.8 Å². The zero-order chi connectivity index (χ0) is 28.4. The highest BCUT2D eigenvalue weighted by molar-refractivity contribution is 7.92. The summed E-state index contributed by atoms with van der Waals surface area (Å²) in [7, 11) is -3.84. The van der Waals surface area contributed by atoms with Crippen molar-refractivity contribution in [1.82, 2.24) is 10.9 Å². The minimum atomic E-state index is -3.84. The van der Waals surface area contributed by atoms with Crippen LogP contribution in [0, 0.1) is 17.8 Å². The highest BCUT2D eigenvalue weighted by Crippen LogP contribution is 2.36. The first-order chi connectivity index (χ1) is 19.3. The molecule has 1 saturated heterocycles. The molecule has 4 rings (SSSR count). The number of sulfonamides is 1. The van der Waals surface area contributed by atoms with E-state index in [1.54, 1.807) is 30.3 Å². The number of amides is 2. The van der Waals surface area contributed by atoms with Crippen LogP contribution in [0.2, 0.25) is 0 Å². The zero-order valence-corrected chi connectivity index (χ0v) is 23.7. The van der Waals surface area contributed by atoms with Gasteiger partial charge < -0.3 is 4.74 Å². The molecule has 1 unspecified atom stereocenters. The Hall–Kier alpha value is -3.21. The molecular formula is C30H39N3O6S. The maximum absolute atomic E-state index is 13.8. The largest absolute Gasteiger partial charge is 0.350 e. The maximum atomic E-state index is 13.8. The minimum Gasteiger partial charge on any atom is -0.350 e. The van der Waals surface area contributed by atoms with Crippen molar-refractivity contribution in [2.24, 2.45) is 17.8 Å². The Balaban J connectivity index is 1.58. The van der Waals surface area contributed by atoms with Gasteiger partial charge in [0.05, 0.1) is 23.8 Å². The molecule has 1 aliphatic carbocycles. The molecule has 2 aromatic carbocycles. The van der Waals surface area contributed by atoms with Crippen LogP contribution in [0.5, 0.6) is 0 Å². The lowest BCUT2D eigenvalue weighted by Crippen LogP contribution is -2.51. The fourth-order valence-corrected chi connectivity index (χ4v) is 5.76. The summed E-state index contributed by atoms with van der Waals surface area (Å²) < 4.78 is 31.8. The topological polar surface area (TPSA) is 114 Å². The predicted octanol–water partition coefficient (Wildman–Crippen LogP) is 4.58. The van der Waals surface area contributed by atoms with E-state index in [0.717, 1.165) is 48.3 Å². The number of hydrazine groups is 1. The average molecular weight is 570 g/mol. The Kier molecular flexibility index (Phi) is 10.7. The SMILES string of the molecule is CS(=O)(=O)N(NC(=O)C(CC1CCC1)[C@@H](CC=Cc1ccccc1)C(=O)NO[C@H]1CCCCO1)c1ccccc1. The van der Waals surface area contributed by atoms with Gasteiger partial charge in [0.15, 0.2) is 6.29 Å². The number of hydroxylamine groups is 1. The first kappa shape index (κ1) is 29.8. The monoisotopic (exact) mass is 569 g/mol. The Bertz CT molecular complexity index is 1230. The molecule has 0 bridgehead atoms. The van der Waals surface area contributed by atoms with E-state index < -0.39 is 40.0 Å². The molecule has 40 heavy (non-hydrogen) atoms. The van der Waals surface area contributed by atoms with Gasteiger partial charge in [-0.3, -0.25) is 15.0 Å². The minimum absolute atomic E-state index is 0.268. The van der Waals surface area contributed by atoms with Crippen molar-refractivity contribution in [3.05, 3.63) is 72.3 Å². The number of para-hydroxylation sites is 1. The van der Waals surface area contributed by atoms with E-state index in [2.05, 4.69) is 10.9 Å². The number of rotatable bonds is 13. The lowest BCUT2D eigenvalue weighted by molar-refractivity contribution is -0.203. The molecule has 2 amide bonds. The summed E-state index contributed by atoms with van der Waals surface area (Å²) >= 11 is 0. The van der Waals surface area contributed by atoms with Crippen molar-refractivity contribution in [2.75, 3.05) is 17.3 Å². The quantitative estimate of drug-likeness (QED) is 0.341. The summed E-state index contributed by atoms with van der Waals surface area (Å²) in [5.41, 5.74) is 6.45. The number of carbonyl (C=O) groups is 2. The molecule has 9 nitrogen and oxygen atoms in total. The summed E-state index contributed by atoms with van der Waals surface area (Å²) in [5.74, 6) is -2.24. The summed E-state index contributed by atoms with van der Waals surface area (Å²) in [6, 6.07) is 18.1. The highest BCUT2D eigenvalue weighted by atomic mass is 32.2. The van der Waals surface area contributed by atoms with E-state index in [9.17, 15) is 18.0 Å². The van der Waals surface area contributed by atoms with Gasteiger partial charge in [-0.05, 0) is 49.3 Å². The second-order valence-corrected chi connectivity index (χ2v) is 12.3. The normalized spacial score (nSPS) is 19.4. The fraction of sp³-hybridized carbons (Fsp3) is 0.467. The van der Waals surface area contributed by atoms with Crippen molar-refractivity contribution < 1.29 is 27.6 Å². The van der Waals surface area contributed by atoms with E-state index >= 15 is 0 Å². The molecule has 3 atom stereocenters. The van der Waals surface area contributed by atoms with Crippen molar-refractivity contribution in [3.8, 4) is 0 Å². The third kappa shape index (κ3) is 8.64. The van der Waals surface area contributed by atoms with Crippen LogP contribution in [0.1, 0.15) is 56.9 Å². The second kappa shape index (κ2) is 14.4. The number of nitrogens with one attached hydrogen (secondary N) is 2. The van der Waals surface area contributed by atoms with Gasteiger partial charge in [0.1, 0.15) is 0 Å². The zero-order valence-electron chi connectivity index (χ0n) is 22.9. The fourth-order valence-electron chi connectivity index (χ4n) is 5.00. The van der Waals surface area contributed by atoms with Crippen LogP contribution >= 0.6 is 0 Å². The van der Waals surface area contributed by atoms with E-state index in [-0.39, 0.29) is 12.3 Å². The number of nitrogens with zero attached hydrogens (tertiary/aromatic N) is 1. The van der Waals surface area contributed by atoms with Crippen LogP contribution in [0.3, 0.4) is 0 Å². The molecule has 0 aromatic heterocycles. The molecule has 10 heteroatoms. The lowest BCUT2D eigenvalue weighted by atomic mass is 9.74. The standard InChI is InChI=1S/C30H39N3O6S/c1-40(36,37)33(25-17-6-3-7-18-25)31-29(34)27(22-24-15-10-16-24)26(19-11-14-23-12-4-2-5-13-23)30(35)32-39-28-20-8-9-21-38-28/h2-7,11-14,17-18,24,26-28H,8-10,15-16,19-22H2,1H3,(H,31,34)(H,32,35)/t26-,27?,28+/m1/s1. The number of anilines is 1. The Morgan fingerprint density at radius 2 is 1.68 bits per heavy atom. The van der Waals surface area contributed by atoms with Crippen LogP contribution in [0.4, 0.5) is 5.69 Å². The average Bonchev–Trinajstić information content (AvgIpc) is 2.93. The molecular weight excluding hydrogens is 530 g/mol. The lowest BCUT2D eigenvalue weighted by Gasteiger charge is -2.34. The van der Waals surface area contributed by atoms with E-state index in [1.165, 1.54) is 0 Å². The van der Waals surface area contributed by atoms with Crippen LogP contribution < -0.4 is 15.3 Å². The van der Waals surface area contributed by atoms with Gasteiger partial charge >= 0.3 is 0 Å². The van der Waals surface area contributed by atoms with Gasteiger partial charge in [-0.1, -0.05) is 79.9 Å². The van der Waals surface area contributed by atoms with Crippen LogP contribution in [-0.4, -0.2) is 39.4 Å². The smallest absolute Gasteiger partial charge is 0.249 e. The van der Waals surface area contributed by atoms with Gasteiger partial charge in [-0.25, -0.2) is 18.7 Å². The molecule has 1 saturated carbocycles. The van der Waals surface area contributed by atoms with Gasteiger partial charge in [0, 0.05) is 13.0 Å². The Morgan fingerprint density at radius 1 is 0.975 bits per heavy atom. The first-order valence-corrected chi connectivity index (χ1v) is 15.8. The molecule has 1 aliphatic heterocycles. The van der Waals surface area contributed by atoms with Crippen LogP contribution in [0.15, 0.2) is 66.7 Å². The van der Waals surface area contributed by atoms with Crippen molar-refractivity contribution in [1.29, 1.82) is 0 Å². The summed E-state index contributed by atoms with van der Waals surface area (Å²) in [6.45, 7) is 0.567. The molecule has 2 fully saturated rings. The maximum Gasteiger partial charge on any atom is 0.249 e. The predicted molar refractivity (Wildman–Crippen MR) is 154 cm³/mol. The number of hydrogen-bond acceptors (Lipinski definition) is 6. The molecule has 1 heterocycles. The van der Waals surface area contributed by atoms with Crippen molar-refractivity contribution in [2.45, 2.75) is 57.7 Å². The molecule has 2 N–H and O–H groups in total. The molecule has 0 spiro atoms. The number of ether oxygens (including phenoxy) is 1. The van der Waals surface area contributed by atoms with Crippen molar-refractivity contribution in [3.63, 3.8) is 0 Å². The Morgan fingerprint density at radius 3 is 2.27 bits per heavy atom. The van der Waals surface area contributed by atoms with Gasteiger partial charge in [-0.15, -0.1) is 0 Å². The molecule has 0 radical (unpaired) electrons. The third-order valence-corrected chi connectivity index (χ3v) is 8.40. The number of hydrogen-bond donors (Lipinski definition) is 2. The number of carbonyl (C=O) groups excluding carboxylic acids is 2. The second-order valence-electron chi connectivity index (χ2n) is 10.5. The van der Waals surface area contributed by atoms with E-state index in [1.807, 2.05) is 42.5 Å². The number of allylic oxidation sites excluding steroid dienone is 1. The Labute approximate surface area is 236 Å². The summed E-state index contributed by atoms with van der Waals surface area (Å²) in [6.07, 6.45) is 10.6.